The van der Waals surface area contributed by atoms with E-state index >= 15 is 0 Å². The molecule has 0 N–H and O–H groups in total. The van der Waals surface area contributed by atoms with Crippen LogP contribution >= 0.6 is 11.3 Å². The Morgan fingerprint density at radius 2 is 2.22 bits per heavy atom. The molecule has 0 fully saturated rings. The minimum Gasteiger partial charge on any atom is -0.610 e. The first-order valence-corrected chi connectivity index (χ1v) is 4.71. The molecule has 1 rings (SSSR count). The Balaban J connectivity index is 2.85. The van der Waals surface area contributed by atoms with Gasteiger partial charge < -0.3 is 4.55 Å². The molecule has 1 aromatic heterocycles. The topological polar surface area (TPSA) is 48.8 Å². The van der Waals surface area contributed by atoms with Crippen molar-refractivity contribution in [2.75, 3.05) is 6.26 Å². The normalized spacial score (nSPS) is 13.7. The highest BCUT2D eigenvalue weighted by Crippen LogP contribution is 2.13. The third-order valence-corrected chi connectivity index (χ3v) is 2.91. The van der Waals surface area contributed by atoms with Gasteiger partial charge in [0.25, 0.3) is 0 Å². The summed E-state index contributed by atoms with van der Waals surface area (Å²) in [5.74, 6) is 0. The van der Waals surface area contributed by atoms with Crippen LogP contribution in [0.25, 0.3) is 0 Å². The van der Waals surface area contributed by atoms with E-state index in [1.807, 2.05) is 6.92 Å². The van der Waals surface area contributed by atoms with Crippen LogP contribution in [0.15, 0.2) is 4.34 Å². The average molecular weight is 162 g/mol. The van der Waals surface area contributed by atoms with Gasteiger partial charge in [-0.05, 0) is 18.3 Å². The van der Waals surface area contributed by atoms with Crippen molar-refractivity contribution in [3.63, 3.8) is 0 Å². The van der Waals surface area contributed by atoms with Gasteiger partial charge in [-0.2, -0.15) is 0 Å². The van der Waals surface area contributed by atoms with Crippen LogP contribution in [0.4, 0.5) is 0 Å². The summed E-state index contributed by atoms with van der Waals surface area (Å²) in [5.41, 5.74) is 0. The Hall–Kier alpha value is -0.130. The molecular formula is C4H6N2OS2. The molecule has 1 aromatic rings. The summed E-state index contributed by atoms with van der Waals surface area (Å²) < 4.78 is 11.3. The van der Waals surface area contributed by atoms with Gasteiger partial charge in [-0.1, -0.05) is 5.10 Å². The molecule has 1 atom stereocenters. The van der Waals surface area contributed by atoms with Crippen LogP contribution < -0.4 is 0 Å². The number of hydrogen-bond acceptors (Lipinski definition) is 4. The van der Waals surface area contributed by atoms with Crippen LogP contribution in [-0.4, -0.2) is 21.0 Å². The van der Waals surface area contributed by atoms with Gasteiger partial charge in [0.1, 0.15) is 11.3 Å². The molecule has 0 radical (unpaired) electrons. The van der Waals surface area contributed by atoms with Crippen molar-refractivity contribution in [2.24, 2.45) is 0 Å². The minimum absolute atomic E-state index is 0.604. The summed E-state index contributed by atoms with van der Waals surface area (Å²) in [6, 6.07) is 0. The number of aryl methyl sites for hydroxylation is 1. The first-order valence-electron chi connectivity index (χ1n) is 2.33. The van der Waals surface area contributed by atoms with Crippen LogP contribution in [0.3, 0.4) is 0 Å². The van der Waals surface area contributed by atoms with Crippen LogP contribution in [0.1, 0.15) is 5.01 Å². The number of aromatic nitrogens is 2. The lowest BCUT2D eigenvalue weighted by Gasteiger charge is -1.93. The molecule has 1 unspecified atom stereocenters. The third kappa shape index (κ3) is 1.64. The van der Waals surface area contributed by atoms with Crippen molar-refractivity contribution in [2.45, 2.75) is 11.3 Å². The quantitative estimate of drug-likeness (QED) is 0.568. The lowest BCUT2D eigenvalue weighted by molar-refractivity contribution is 0.599. The van der Waals surface area contributed by atoms with Crippen LogP contribution in [0.5, 0.6) is 0 Å². The number of hydrogen-bond donors (Lipinski definition) is 0. The van der Waals surface area contributed by atoms with Crippen molar-refractivity contribution in [1.82, 2.24) is 10.2 Å². The maximum atomic E-state index is 10.7. The molecule has 1 heterocycles. The summed E-state index contributed by atoms with van der Waals surface area (Å²) in [7, 11) is 0. The second kappa shape index (κ2) is 2.64. The zero-order valence-electron chi connectivity index (χ0n) is 5.12. The highest BCUT2D eigenvalue weighted by Gasteiger charge is 2.08. The molecule has 0 spiro atoms. The van der Waals surface area contributed by atoms with Gasteiger partial charge in [-0.3, -0.25) is 0 Å². The molecule has 0 amide bonds. The SMILES string of the molecule is Cc1nnc([S+](C)[O-])s1. The van der Waals surface area contributed by atoms with E-state index < -0.39 is 11.2 Å². The van der Waals surface area contributed by atoms with Crippen molar-refractivity contribution >= 4 is 22.5 Å². The second-order valence-corrected chi connectivity index (χ2v) is 4.28. The number of nitrogens with zero attached hydrogens (tertiary/aromatic N) is 2. The maximum absolute atomic E-state index is 10.7. The zero-order valence-corrected chi connectivity index (χ0v) is 6.75. The van der Waals surface area contributed by atoms with E-state index in [9.17, 15) is 4.55 Å². The van der Waals surface area contributed by atoms with Gasteiger partial charge in [-0.15, -0.1) is 5.10 Å². The Morgan fingerprint density at radius 1 is 1.56 bits per heavy atom. The Labute approximate surface area is 60.3 Å². The molecule has 5 heteroatoms. The fraction of sp³-hybridized carbons (Fsp3) is 0.500. The van der Waals surface area contributed by atoms with Crippen molar-refractivity contribution in [1.29, 1.82) is 0 Å². The molecule has 0 aliphatic rings. The number of rotatable bonds is 1. The Bertz CT molecular complexity index is 198. The summed E-state index contributed by atoms with van der Waals surface area (Å²) in [5, 5.41) is 8.26. The van der Waals surface area contributed by atoms with E-state index in [1.165, 1.54) is 11.3 Å². The lowest BCUT2D eigenvalue weighted by Crippen LogP contribution is -1.95. The molecular weight excluding hydrogens is 156 g/mol. The summed E-state index contributed by atoms with van der Waals surface area (Å²) in [4.78, 5) is 0. The maximum Gasteiger partial charge on any atom is 0.321 e. The van der Waals surface area contributed by atoms with Gasteiger partial charge in [0.15, 0.2) is 0 Å². The molecule has 0 saturated heterocycles. The van der Waals surface area contributed by atoms with Gasteiger partial charge in [0.2, 0.25) is 0 Å². The standard InChI is InChI=1S/C4H6N2OS2/c1-3-5-6-4(8-3)9(2)7/h1-2H3. The molecule has 0 bridgehead atoms. The van der Waals surface area contributed by atoms with Gasteiger partial charge >= 0.3 is 4.34 Å². The van der Waals surface area contributed by atoms with Crippen molar-refractivity contribution in [3.05, 3.63) is 5.01 Å². The fourth-order valence-corrected chi connectivity index (χ4v) is 1.80. The summed E-state index contributed by atoms with van der Waals surface area (Å²) in [6.45, 7) is 1.84. The first-order chi connectivity index (χ1) is 4.20. The van der Waals surface area contributed by atoms with E-state index in [1.54, 1.807) is 6.26 Å². The molecule has 0 aliphatic heterocycles. The largest absolute Gasteiger partial charge is 0.610 e. The van der Waals surface area contributed by atoms with Crippen molar-refractivity contribution in [3.8, 4) is 0 Å². The molecule has 3 nitrogen and oxygen atoms in total. The van der Waals surface area contributed by atoms with E-state index in [0.717, 1.165) is 5.01 Å². The predicted molar refractivity (Wildman–Crippen MR) is 37.0 cm³/mol. The molecule has 9 heavy (non-hydrogen) atoms. The third-order valence-electron chi connectivity index (χ3n) is 0.753. The van der Waals surface area contributed by atoms with Gasteiger partial charge in [-0.25, -0.2) is 0 Å². The molecule has 0 aromatic carbocycles. The smallest absolute Gasteiger partial charge is 0.321 e. The minimum atomic E-state index is -0.963. The summed E-state index contributed by atoms with van der Waals surface area (Å²) in [6.07, 6.45) is 1.60. The zero-order chi connectivity index (χ0) is 6.85. The predicted octanol–water partition coefficient (Wildman–Crippen LogP) is 0.584. The highest BCUT2D eigenvalue weighted by atomic mass is 32.2. The first kappa shape index (κ1) is 6.98. The van der Waals surface area contributed by atoms with Crippen LogP contribution in [0.2, 0.25) is 0 Å². The van der Waals surface area contributed by atoms with Gasteiger partial charge in [0.05, 0.1) is 0 Å². The second-order valence-electron chi connectivity index (χ2n) is 1.54. The van der Waals surface area contributed by atoms with Crippen molar-refractivity contribution < 1.29 is 4.55 Å². The monoisotopic (exact) mass is 162 g/mol. The molecule has 0 saturated carbocycles. The van der Waals surface area contributed by atoms with E-state index in [0.29, 0.717) is 4.34 Å². The average Bonchev–Trinajstić information content (AvgIpc) is 2.14. The highest BCUT2D eigenvalue weighted by molar-refractivity contribution is 7.92. The Kier molecular flexibility index (Phi) is 2.05. The summed E-state index contributed by atoms with van der Waals surface area (Å²) >= 11 is 0.410. The molecule has 50 valence electrons. The fourth-order valence-electron chi connectivity index (χ4n) is 0.395. The van der Waals surface area contributed by atoms with E-state index in [-0.39, 0.29) is 0 Å². The molecule has 0 aliphatic carbocycles. The van der Waals surface area contributed by atoms with Crippen LogP contribution in [-0.2, 0) is 11.2 Å². The van der Waals surface area contributed by atoms with Crippen LogP contribution in [0, 0.1) is 6.92 Å². The van der Waals surface area contributed by atoms with Gasteiger partial charge in [0, 0.05) is 11.2 Å². The van der Waals surface area contributed by atoms with E-state index in [4.69, 9.17) is 0 Å². The van der Waals surface area contributed by atoms with E-state index in [2.05, 4.69) is 10.2 Å². The lowest BCUT2D eigenvalue weighted by atomic mass is 10.9. The Morgan fingerprint density at radius 3 is 2.44 bits per heavy atom.